The minimum absolute atomic E-state index is 0.147. The van der Waals surface area contributed by atoms with Gasteiger partial charge in [-0.1, -0.05) is 12.1 Å². The number of hydrogen-bond donors (Lipinski definition) is 1. The van der Waals surface area contributed by atoms with Gasteiger partial charge in [0.1, 0.15) is 0 Å². The molecule has 0 heterocycles. The standard InChI is InChI=1S/C15H23NO5/c1-4-20-13-7-5-6-12(10-16-8-9-18-2)15(13)21-11-14(17)19-3/h5-7,16H,4,8-11H2,1-3H3. The second-order valence-corrected chi connectivity index (χ2v) is 4.21. The highest BCUT2D eigenvalue weighted by Gasteiger charge is 2.13. The minimum atomic E-state index is -0.431. The zero-order chi connectivity index (χ0) is 15.5. The summed E-state index contributed by atoms with van der Waals surface area (Å²) in [5.41, 5.74) is 0.918. The smallest absolute Gasteiger partial charge is 0.343 e. The van der Waals surface area contributed by atoms with Crippen LogP contribution >= 0.6 is 0 Å². The lowest BCUT2D eigenvalue weighted by molar-refractivity contribution is -0.142. The molecule has 6 nitrogen and oxygen atoms in total. The van der Waals surface area contributed by atoms with E-state index in [0.29, 0.717) is 31.3 Å². The summed E-state index contributed by atoms with van der Waals surface area (Å²) in [5.74, 6) is 0.752. The van der Waals surface area contributed by atoms with Gasteiger partial charge in [-0.3, -0.25) is 0 Å². The maximum absolute atomic E-state index is 11.2. The van der Waals surface area contributed by atoms with E-state index in [1.165, 1.54) is 7.11 Å². The Morgan fingerprint density at radius 1 is 1.24 bits per heavy atom. The monoisotopic (exact) mass is 297 g/mol. The number of carbonyl (C=O) groups is 1. The maximum Gasteiger partial charge on any atom is 0.343 e. The average Bonchev–Trinajstić information content (AvgIpc) is 2.50. The molecule has 118 valence electrons. The first-order valence-corrected chi connectivity index (χ1v) is 6.86. The molecule has 0 amide bonds. The number of para-hydroxylation sites is 1. The van der Waals surface area contributed by atoms with Crippen molar-refractivity contribution in [3.05, 3.63) is 23.8 Å². The molecule has 0 saturated carbocycles. The number of esters is 1. The number of hydrogen-bond acceptors (Lipinski definition) is 6. The van der Waals surface area contributed by atoms with Crippen LogP contribution in [0.4, 0.5) is 0 Å². The van der Waals surface area contributed by atoms with Gasteiger partial charge in [-0.2, -0.15) is 0 Å². The molecule has 6 heteroatoms. The van der Waals surface area contributed by atoms with E-state index in [4.69, 9.17) is 14.2 Å². The average molecular weight is 297 g/mol. The molecule has 21 heavy (non-hydrogen) atoms. The molecule has 0 atom stereocenters. The summed E-state index contributed by atoms with van der Waals surface area (Å²) >= 11 is 0. The number of rotatable bonds is 10. The fraction of sp³-hybridized carbons (Fsp3) is 0.533. The highest BCUT2D eigenvalue weighted by atomic mass is 16.6. The molecule has 0 saturated heterocycles. The summed E-state index contributed by atoms with van der Waals surface area (Å²) in [6.45, 7) is 4.23. The summed E-state index contributed by atoms with van der Waals surface area (Å²) in [7, 11) is 2.98. The van der Waals surface area contributed by atoms with Crippen LogP contribution in [0.2, 0.25) is 0 Å². The zero-order valence-electron chi connectivity index (χ0n) is 12.8. The molecule has 1 rings (SSSR count). The van der Waals surface area contributed by atoms with E-state index in [9.17, 15) is 4.79 Å². The van der Waals surface area contributed by atoms with Crippen LogP contribution < -0.4 is 14.8 Å². The van der Waals surface area contributed by atoms with E-state index in [-0.39, 0.29) is 6.61 Å². The van der Waals surface area contributed by atoms with Crippen LogP contribution in [0.3, 0.4) is 0 Å². The van der Waals surface area contributed by atoms with Crippen LogP contribution in [0.1, 0.15) is 12.5 Å². The van der Waals surface area contributed by atoms with Crippen molar-refractivity contribution in [3.63, 3.8) is 0 Å². The fourth-order valence-electron chi connectivity index (χ4n) is 1.72. The topological polar surface area (TPSA) is 66.0 Å². The second kappa shape index (κ2) is 10.0. The number of benzene rings is 1. The number of carbonyl (C=O) groups excluding carboxylic acids is 1. The first-order valence-electron chi connectivity index (χ1n) is 6.86. The summed E-state index contributed by atoms with van der Waals surface area (Å²) in [6.07, 6.45) is 0. The first-order chi connectivity index (χ1) is 10.2. The van der Waals surface area contributed by atoms with Gasteiger partial charge >= 0.3 is 5.97 Å². The molecule has 1 N–H and O–H groups in total. The van der Waals surface area contributed by atoms with Crippen LogP contribution in [-0.2, 0) is 20.8 Å². The molecular weight excluding hydrogens is 274 g/mol. The van der Waals surface area contributed by atoms with Gasteiger partial charge in [-0.25, -0.2) is 4.79 Å². The van der Waals surface area contributed by atoms with E-state index in [1.807, 2.05) is 25.1 Å². The van der Waals surface area contributed by atoms with Crippen molar-refractivity contribution < 1.29 is 23.7 Å². The maximum atomic E-state index is 11.2. The van der Waals surface area contributed by atoms with Crippen LogP contribution in [-0.4, -0.2) is 46.6 Å². The lowest BCUT2D eigenvalue weighted by atomic mass is 10.2. The van der Waals surface area contributed by atoms with E-state index in [1.54, 1.807) is 7.11 Å². The Hall–Kier alpha value is -1.79. The van der Waals surface area contributed by atoms with Gasteiger partial charge in [0.25, 0.3) is 0 Å². The highest BCUT2D eigenvalue weighted by molar-refractivity contribution is 5.71. The predicted molar refractivity (Wildman–Crippen MR) is 78.7 cm³/mol. The van der Waals surface area contributed by atoms with Crippen LogP contribution in [0.5, 0.6) is 11.5 Å². The van der Waals surface area contributed by atoms with Gasteiger partial charge in [0.2, 0.25) is 0 Å². The van der Waals surface area contributed by atoms with E-state index in [2.05, 4.69) is 10.1 Å². The van der Waals surface area contributed by atoms with E-state index in [0.717, 1.165) is 12.1 Å². The third-order valence-electron chi connectivity index (χ3n) is 2.72. The van der Waals surface area contributed by atoms with Crippen molar-refractivity contribution in [2.75, 3.05) is 40.6 Å². The van der Waals surface area contributed by atoms with Gasteiger partial charge in [0.05, 0.1) is 20.3 Å². The van der Waals surface area contributed by atoms with Gasteiger partial charge < -0.3 is 24.3 Å². The first kappa shape index (κ1) is 17.3. The predicted octanol–water partition coefficient (Wildman–Crippen LogP) is 1.37. The molecule has 0 unspecified atom stereocenters. The molecule has 0 aliphatic carbocycles. The van der Waals surface area contributed by atoms with Crippen LogP contribution in [0.25, 0.3) is 0 Å². The summed E-state index contributed by atoms with van der Waals surface area (Å²) in [4.78, 5) is 11.2. The van der Waals surface area contributed by atoms with E-state index >= 15 is 0 Å². The Morgan fingerprint density at radius 2 is 2.05 bits per heavy atom. The van der Waals surface area contributed by atoms with E-state index < -0.39 is 5.97 Å². The van der Waals surface area contributed by atoms with Crippen molar-refractivity contribution in [1.82, 2.24) is 5.32 Å². The molecule has 0 spiro atoms. The third kappa shape index (κ3) is 6.01. The fourth-order valence-corrected chi connectivity index (χ4v) is 1.72. The zero-order valence-corrected chi connectivity index (χ0v) is 12.8. The lowest BCUT2D eigenvalue weighted by Gasteiger charge is -2.15. The highest BCUT2D eigenvalue weighted by Crippen LogP contribution is 2.31. The van der Waals surface area contributed by atoms with Gasteiger partial charge in [0.15, 0.2) is 18.1 Å². The van der Waals surface area contributed by atoms with Crippen LogP contribution in [0.15, 0.2) is 18.2 Å². The minimum Gasteiger partial charge on any atom is -0.490 e. The lowest BCUT2D eigenvalue weighted by Crippen LogP contribution is -2.20. The Labute approximate surface area is 125 Å². The molecule has 1 aromatic rings. The number of methoxy groups -OCH3 is 2. The Morgan fingerprint density at radius 3 is 2.71 bits per heavy atom. The van der Waals surface area contributed by atoms with Gasteiger partial charge in [-0.05, 0) is 13.0 Å². The molecule has 0 fully saturated rings. The van der Waals surface area contributed by atoms with Crippen molar-refractivity contribution in [1.29, 1.82) is 0 Å². The Bertz CT molecular complexity index is 436. The largest absolute Gasteiger partial charge is 0.490 e. The van der Waals surface area contributed by atoms with Crippen LogP contribution in [0, 0.1) is 0 Å². The molecule has 0 aromatic heterocycles. The molecule has 1 aromatic carbocycles. The summed E-state index contributed by atoms with van der Waals surface area (Å²) in [6, 6.07) is 5.63. The molecule has 0 aliphatic heterocycles. The summed E-state index contributed by atoms with van der Waals surface area (Å²) in [5, 5.41) is 3.24. The molecule has 0 aliphatic rings. The number of nitrogens with one attached hydrogen (secondary N) is 1. The molecular formula is C15H23NO5. The second-order valence-electron chi connectivity index (χ2n) is 4.21. The van der Waals surface area contributed by atoms with Gasteiger partial charge in [0, 0.05) is 25.8 Å². The van der Waals surface area contributed by atoms with Crippen molar-refractivity contribution in [2.24, 2.45) is 0 Å². The Kier molecular flexibility index (Phi) is 8.23. The molecule has 0 radical (unpaired) electrons. The van der Waals surface area contributed by atoms with Crippen molar-refractivity contribution in [2.45, 2.75) is 13.5 Å². The quantitative estimate of drug-likeness (QED) is 0.520. The third-order valence-corrected chi connectivity index (χ3v) is 2.72. The van der Waals surface area contributed by atoms with Crippen molar-refractivity contribution >= 4 is 5.97 Å². The number of ether oxygens (including phenoxy) is 4. The normalized spacial score (nSPS) is 10.2. The Balaban J connectivity index is 2.78. The van der Waals surface area contributed by atoms with Crippen molar-refractivity contribution in [3.8, 4) is 11.5 Å². The molecule has 0 bridgehead atoms. The summed E-state index contributed by atoms with van der Waals surface area (Å²) < 4.78 is 20.7. The van der Waals surface area contributed by atoms with Gasteiger partial charge in [-0.15, -0.1) is 0 Å². The SMILES string of the molecule is CCOc1cccc(CNCCOC)c1OCC(=O)OC.